The largest absolute Gasteiger partial charge is 0.399 e. The lowest BCUT2D eigenvalue weighted by Crippen LogP contribution is -1.92. The number of nitrogens with zero attached hydrogens (tertiary/aromatic N) is 3. The van der Waals surface area contributed by atoms with Crippen LogP contribution in [0.4, 0.5) is 5.69 Å². The first kappa shape index (κ1) is 8.91. The highest BCUT2D eigenvalue weighted by Crippen LogP contribution is 2.20. The second kappa shape index (κ2) is 3.34. The monoisotopic (exact) mass is 210 g/mol. The molecule has 0 fully saturated rings. The van der Waals surface area contributed by atoms with Gasteiger partial charge in [0, 0.05) is 17.4 Å². The van der Waals surface area contributed by atoms with Crippen molar-refractivity contribution in [1.82, 2.24) is 14.6 Å². The molecule has 0 aliphatic heterocycles. The first-order valence-electron chi connectivity index (χ1n) is 4.99. The highest BCUT2D eigenvalue weighted by Gasteiger charge is 2.05. The maximum absolute atomic E-state index is 5.65. The Bertz CT molecular complexity index is 625. The van der Waals surface area contributed by atoms with Crippen LogP contribution in [0, 0.1) is 0 Å². The number of imidazole rings is 1. The number of nitrogens with two attached hydrogens (primary N) is 1. The summed E-state index contributed by atoms with van der Waals surface area (Å²) in [7, 11) is 0. The second-order valence-electron chi connectivity index (χ2n) is 3.56. The predicted molar refractivity (Wildman–Crippen MR) is 62.8 cm³/mol. The highest BCUT2D eigenvalue weighted by atomic mass is 15.2. The number of anilines is 1. The molecule has 0 saturated carbocycles. The summed E-state index contributed by atoms with van der Waals surface area (Å²) in [6.45, 7) is 0. The summed E-state index contributed by atoms with van der Waals surface area (Å²) in [4.78, 5) is 4.29. The van der Waals surface area contributed by atoms with Crippen LogP contribution in [0.15, 0.2) is 48.8 Å². The maximum atomic E-state index is 5.65. The van der Waals surface area contributed by atoms with Crippen molar-refractivity contribution in [3.05, 3.63) is 48.8 Å². The molecule has 0 saturated heterocycles. The summed E-state index contributed by atoms with van der Waals surface area (Å²) in [5, 5.41) is 4.26. The van der Waals surface area contributed by atoms with Gasteiger partial charge in [0.1, 0.15) is 0 Å². The van der Waals surface area contributed by atoms with Gasteiger partial charge >= 0.3 is 0 Å². The van der Waals surface area contributed by atoms with E-state index in [1.807, 2.05) is 47.1 Å². The van der Waals surface area contributed by atoms with Crippen LogP contribution in [-0.4, -0.2) is 14.6 Å². The zero-order chi connectivity index (χ0) is 11.0. The Morgan fingerprint density at radius 2 is 1.88 bits per heavy atom. The normalized spacial score (nSPS) is 10.8. The fraction of sp³-hybridized carbons (Fsp3) is 0. The average molecular weight is 210 g/mol. The van der Waals surface area contributed by atoms with E-state index < -0.39 is 0 Å². The van der Waals surface area contributed by atoms with Crippen LogP contribution < -0.4 is 5.73 Å². The Morgan fingerprint density at radius 1 is 1.06 bits per heavy atom. The average Bonchev–Trinajstić information content (AvgIpc) is 2.74. The van der Waals surface area contributed by atoms with Gasteiger partial charge in [0.2, 0.25) is 0 Å². The Hall–Kier alpha value is -2.36. The minimum atomic E-state index is 0.755. The molecule has 3 rings (SSSR count). The lowest BCUT2D eigenvalue weighted by atomic mass is 10.1. The number of nitrogen functional groups attached to an aromatic ring is 1. The van der Waals surface area contributed by atoms with E-state index in [0.717, 1.165) is 22.6 Å². The Kier molecular flexibility index (Phi) is 1.86. The van der Waals surface area contributed by atoms with E-state index in [1.54, 1.807) is 6.20 Å². The number of hydrogen-bond donors (Lipinski definition) is 1. The third kappa shape index (κ3) is 1.32. The summed E-state index contributed by atoms with van der Waals surface area (Å²) in [6, 6.07) is 11.5. The molecule has 3 aromatic rings. The summed E-state index contributed by atoms with van der Waals surface area (Å²) in [6.07, 6.45) is 3.56. The van der Waals surface area contributed by atoms with Crippen LogP contribution in [0.5, 0.6) is 0 Å². The van der Waals surface area contributed by atoms with Crippen molar-refractivity contribution in [2.45, 2.75) is 0 Å². The van der Waals surface area contributed by atoms with Crippen molar-refractivity contribution in [3.8, 4) is 11.3 Å². The van der Waals surface area contributed by atoms with Gasteiger partial charge in [-0.3, -0.25) is 0 Å². The topological polar surface area (TPSA) is 56.2 Å². The van der Waals surface area contributed by atoms with Gasteiger partial charge in [0.05, 0.1) is 11.9 Å². The van der Waals surface area contributed by atoms with Crippen LogP contribution in [0.3, 0.4) is 0 Å². The Morgan fingerprint density at radius 3 is 2.69 bits per heavy atom. The van der Waals surface area contributed by atoms with Gasteiger partial charge < -0.3 is 5.73 Å². The zero-order valence-electron chi connectivity index (χ0n) is 8.54. The first-order chi connectivity index (χ1) is 7.84. The Balaban J connectivity index is 2.22. The zero-order valence-corrected chi connectivity index (χ0v) is 8.54. The summed E-state index contributed by atoms with van der Waals surface area (Å²) in [5.41, 5.74) is 9.28. The second-order valence-corrected chi connectivity index (χ2v) is 3.56. The SMILES string of the molecule is Nc1ccc(-c2cnc3cccnn23)cc1. The van der Waals surface area contributed by atoms with Gasteiger partial charge in [-0.25, -0.2) is 9.50 Å². The molecular weight excluding hydrogens is 200 g/mol. The van der Waals surface area contributed by atoms with Crippen LogP contribution in [0.2, 0.25) is 0 Å². The fourth-order valence-electron chi connectivity index (χ4n) is 1.68. The van der Waals surface area contributed by atoms with Crippen molar-refractivity contribution in [2.75, 3.05) is 5.73 Å². The van der Waals surface area contributed by atoms with Crippen molar-refractivity contribution in [1.29, 1.82) is 0 Å². The first-order valence-corrected chi connectivity index (χ1v) is 4.99. The van der Waals surface area contributed by atoms with E-state index in [-0.39, 0.29) is 0 Å². The molecule has 0 unspecified atom stereocenters. The fourth-order valence-corrected chi connectivity index (χ4v) is 1.68. The quantitative estimate of drug-likeness (QED) is 0.625. The molecule has 0 aliphatic rings. The van der Waals surface area contributed by atoms with Crippen LogP contribution in [0.1, 0.15) is 0 Å². The van der Waals surface area contributed by atoms with Crippen molar-refractivity contribution in [2.24, 2.45) is 0 Å². The lowest BCUT2D eigenvalue weighted by molar-refractivity contribution is 0.943. The van der Waals surface area contributed by atoms with Gasteiger partial charge in [0.25, 0.3) is 0 Å². The molecule has 0 radical (unpaired) electrons. The van der Waals surface area contributed by atoms with Gasteiger partial charge in [-0.15, -0.1) is 0 Å². The maximum Gasteiger partial charge on any atom is 0.154 e. The molecule has 16 heavy (non-hydrogen) atoms. The molecule has 2 heterocycles. The van der Waals surface area contributed by atoms with Crippen molar-refractivity contribution < 1.29 is 0 Å². The smallest absolute Gasteiger partial charge is 0.154 e. The number of fused-ring (bicyclic) bond motifs is 1. The van der Waals surface area contributed by atoms with E-state index in [0.29, 0.717) is 0 Å². The van der Waals surface area contributed by atoms with Crippen LogP contribution in [-0.2, 0) is 0 Å². The Labute approximate surface area is 92.4 Å². The highest BCUT2D eigenvalue weighted by molar-refractivity contribution is 5.64. The number of benzene rings is 1. The lowest BCUT2D eigenvalue weighted by Gasteiger charge is -2.00. The van der Waals surface area contributed by atoms with Gasteiger partial charge in [-0.2, -0.15) is 5.10 Å². The molecular formula is C12H10N4. The molecule has 0 aliphatic carbocycles. The molecule has 78 valence electrons. The van der Waals surface area contributed by atoms with E-state index >= 15 is 0 Å². The molecule has 4 heteroatoms. The molecule has 1 aromatic carbocycles. The van der Waals surface area contributed by atoms with E-state index in [1.165, 1.54) is 0 Å². The number of rotatable bonds is 1. The van der Waals surface area contributed by atoms with Crippen molar-refractivity contribution in [3.63, 3.8) is 0 Å². The van der Waals surface area contributed by atoms with E-state index in [9.17, 15) is 0 Å². The standard InChI is InChI=1S/C12H10N4/c13-10-5-3-9(4-6-10)11-8-14-12-2-1-7-15-16(11)12/h1-8H,13H2. The van der Waals surface area contributed by atoms with Gasteiger partial charge in [-0.1, -0.05) is 12.1 Å². The van der Waals surface area contributed by atoms with Crippen molar-refractivity contribution >= 4 is 11.3 Å². The van der Waals surface area contributed by atoms with Crippen LogP contribution >= 0.6 is 0 Å². The summed E-state index contributed by atoms with van der Waals surface area (Å²) >= 11 is 0. The van der Waals surface area contributed by atoms with Gasteiger partial charge in [0.15, 0.2) is 5.65 Å². The predicted octanol–water partition coefficient (Wildman–Crippen LogP) is 1.98. The molecule has 0 bridgehead atoms. The minimum absolute atomic E-state index is 0.755. The molecule has 0 spiro atoms. The molecule has 0 atom stereocenters. The number of hydrogen-bond acceptors (Lipinski definition) is 3. The van der Waals surface area contributed by atoms with E-state index in [2.05, 4.69) is 10.1 Å². The van der Waals surface area contributed by atoms with Crippen LogP contribution in [0.25, 0.3) is 16.9 Å². The minimum Gasteiger partial charge on any atom is -0.399 e. The molecule has 4 nitrogen and oxygen atoms in total. The summed E-state index contributed by atoms with van der Waals surface area (Å²) in [5.74, 6) is 0. The molecule has 2 N–H and O–H groups in total. The van der Waals surface area contributed by atoms with E-state index in [4.69, 9.17) is 5.73 Å². The third-order valence-corrected chi connectivity index (χ3v) is 2.48. The molecule has 0 amide bonds. The number of aromatic nitrogens is 3. The molecule has 2 aromatic heterocycles. The van der Waals surface area contributed by atoms with Gasteiger partial charge in [-0.05, 0) is 24.3 Å². The third-order valence-electron chi connectivity index (χ3n) is 2.48. The summed E-state index contributed by atoms with van der Waals surface area (Å²) < 4.78 is 1.81.